The van der Waals surface area contributed by atoms with Gasteiger partial charge in [-0.15, -0.1) is 0 Å². The first-order valence-electron chi connectivity index (χ1n) is 8.48. The van der Waals surface area contributed by atoms with E-state index in [0.29, 0.717) is 12.5 Å². The third kappa shape index (κ3) is 3.02. The van der Waals surface area contributed by atoms with Gasteiger partial charge in [-0.05, 0) is 40.8 Å². The minimum Gasteiger partial charge on any atom is -0.355 e. The van der Waals surface area contributed by atoms with Crippen molar-refractivity contribution in [3.8, 4) is 0 Å². The molecule has 3 heteroatoms. The largest absolute Gasteiger partial charge is 0.355 e. The van der Waals surface area contributed by atoms with Gasteiger partial charge in [0.15, 0.2) is 0 Å². The van der Waals surface area contributed by atoms with E-state index in [0.717, 1.165) is 18.5 Å². The standard InChI is InChI=1S/C21H20N2O/c24-21(23-13-11-16-8-3-4-12-22-16)20-14-19(20)18-10-5-7-15-6-1-2-9-17(15)18/h1-10,12,19-20H,11,13-14H2,(H,23,24). The number of benzene rings is 2. The molecule has 3 aromatic rings. The first-order valence-corrected chi connectivity index (χ1v) is 8.48. The molecule has 1 aliphatic rings. The Morgan fingerprint density at radius 1 is 1.04 bits per heavy atom. The monoisotopic (exact) mass is 316 g/mol. The second-order valence-electron chi connectivity index (χ2n) is 6.38. The van der Waals surface area contributed by atoms with Crippen LogP contribution in [0, 0.1) is 5.92 Å². The highest BCUT2D eigenvalue weighted by atomic mass is 16.2. The van der Waals surface area contributed by atoms with E-state index >= 15 is 0 Å². The molecule has 1 saturated carbocycles. The van der Waals surface area contributed by atoms with Crippen LogP contribution in [0.2, 0.25) is 0 Å². The lowest BCUT2D eigenvalue weighted by atomic mass is 10.00. The number of carbonyl (C=O) groups excluding carboxylic acids is 1. The van der Waals surface area contributed by atoms with Crippen molar-refractivity contribution in [3.63, 3.8) is 0 Å². The summed E-state index contributed by atoms with van der Waals surface area (Å²) in [5.41, 5.74) is 2.32. The van der Waals surface area contributed by atoms with Crippen LogP contribution in [-0.2, 0) is 11.2 Å². The second-order valence-corrected chi connectivity index (χ2v) is 6.38. The second kappa shape index (κ2) is 6.44. The molecule has 0 aliphatic heterocycles. The number of hydrogen-bond donors (Lipinski definition) is 1. The molecule has 120 valence electrons. The fraction of sp³-hybridized carbons (Fsp3) is 0.238. The lowest BCUT2D eigenvalue weighted by Crippen LogP contribution is -2.27. The zero-order valence-corrected chi connectivity index (χ0v) is 13.5. The van der Waals surface area contributed by atoms with Crippen LogP contribution >= 0.6 is 0 Å². The van der Waals surface area contributed by atoms with Crippen LogP contribution in [0.15, 0.2) is 66.9 Å². The predicted octanol–water partition coefficient (Wildman–Crippen LogP) is 3.70. The summed E-state index contributed by atoms with van der Waals surface area (Å²) in [4.78, 5) is 16.7. The van der Waals surface area contributed by atoms with Gasteiger partial charge in [0.1, 0.15) is 0 Å². The topological polar surface area (TPSA) is 42.0 Å². The molecule has 1 fully saturated rings. The third-order valence-electron chi connectivity index (χ3n) is 4.76. The lowest BCUT2D eigenvalue weighted by molar-refractivity contribution is -0.122. The molecule has 1 aliphatic carbocycles. The van der Waals surface area contributed by atoms with Crippen LogP contribution in [0.5, 0.6) is 0 Å². The van der Waals surface area contributed by atoms with Gasteiger partial charge >= 0.3 is 0 Å². The summed E-state index contributed by atoms with van der Waals surface area (Å²) in [6.07, 6.45) is 3.51. The van der Waals surface area contributed by atoms with Gasteiger partial charge in [0.25, 0.3) is 0 Å². The fourth-order valence-corrected chi connectivity index (χ4v) is 3.39. The number of nitrogens with one attached hydrogen (secondary N) is 1. The Hall–Kier alpha value is -2.68. The Kier molecular flexibility index (Phi) is 3.99. The number of hydrogen-bond acceptors (Lipinski definition) is 2. The maximum Gasteiger partial charge on any atom is 0.223 e. The Balaban J connectivity index is 1.38. The number of rotatable bonds is 5. The van der Waals surface area contributed by atoms with Crippen LogP contribution < -0.4 is 5.32 Å². The van der Waals surface area contributed by atoms with Crippen molar-refractivity contribution in [1.82, 2.24) is 10.3 Å². The van der Waals surface area contributed by atoms with Crippen LogP contribution in [0.3, 0.4) is 0 Å². The van der Waals surface area contributed by atoms with Crippen LogP contribution in [0.25, 0.3) is 10.8 Å². The van der Waals surface area contributed by atoms with Crippen LogP contribution in [0.1, 0.15) is 23.6 Å². The molecule has 2 aromatic carbocycles. The number of carbonyl (C=O) groups is 1. The summed E-state index contributed by atoms with van der Waals surface area (Å²) in [6, 6.07) is 20.6. The van der Waals surface area contributed by atoms with Crippen molar-refractivity contribution in [2.24, 2.45) is 5.92 Å². The number of pyridine rings is 1. The summed E-state index contributed by atoms with van der Waals surface area (Å²) in [7, 11) is 0. The molecular weight excluding hydrogens is 296 g/mol. The normalized spacial score (nSPS) is 19.2. The molecule has 1 heterocycles. The average molecular weight is 316 g/mol. The van der Waals surface area contributed by atoms with Crippen LogP contribution in [0.4, 0.5) is 0 Å². The Labute approximate surface area is 141 Å². The average Bonchev–Trinajstić information content (AvgIpc) is 3.43. The zero-order valence-electron chi connectivity index (χ0n) is 13.5. The minimum absolute atomic E-state index is 0.111. The summed E-state index contributed by atoms with van der Waals surface area (Å²) in [5.74, 6) is 0.634. The van der Waals surface area contributed by atoms with E-state index in [9.17, 15) is 4.79 Å². The highest BCUT2D eigenvalue weighted by molar-refractivity contribution is 5.89. The summed E-state index contributed by atoms with van der Waals surface area (Å²) < 4.78 is 0. The summed E-state index contributed by atoms with van der Waals surface area (Å²) in [5, 5.41) is 5.58. The van der Waals surface area contributed by atoms with E-state index in [4.69, 9.17) is 0 Å². The molecule has 0 spiro atoms. The molecule has 1 aromatic heterocycles. The van der Waals surface area contributed by atoms with E-state index in [1.807, 2.05) is 18.2 Å². The van der Waals surface area contributed by atoms with E-state index in [2.05, 4.69) is 52.8 Å². The van der Waals surface area contributed by atoms with Crippen molar-refractivity contribution >= 4 is 16.7 Å². The maximum atomic E-state index is 12.4. The molecule has 4 rings (SSSR count). The van der Waals surface area contributed by atoms with Crippen molar-refractivity contribution in [2.45, 2.75) is 18.8 Å². The predicted molar refractivity (Wildman–Crippen MR) is 95.7 cm³/mol. The molecule has 0 bridgehead atoms. The molecule has 3 nitrogen and oxygen atoms in total. The van der Waals surface area contributed by atoms with E-state index in [-0.39, 0.29) is 11.8 Å². The molecule has 0 saturated heterocycles. The molecule has 0 radical (unpaired) electrons. The molecule has 2 atom stereocenters. The van der Waals surface area contributed by atoms with Crippen molar-refractivity contribution in [3.05, 3.63) is 78.1 Å². The Morgan fingerprint density at radius 3 is 2.75 bits per heavy atom. The highest BCUT2D eigenvalue weighted by Gasteiger charge is 2.44. The zero-order chi connectivity index (χ0) is 16.4. The van der Waals surface area contributed by atoms with Gasteiger partial charge in [0.05, 0.1) is 0 Å². The van der Waals surface area contributed by atoms with E-state index in [1.54, 1.807) is 6.20 Å². The summed E-state index contributed by atoms with van der Waals surface area (Å²) in [6.45, 7) is 0.647. The van der Waals surface area contributed by atoms with Gasteiger partial charge < -0.3 is 5.32 Å². The number of nitrogens with zero attached hydrogens (tertiary/aromatic N) is 1. The number of aromatic nitrogens is 1. The lowest BCUT2D eigenvalue weighted by Gasteiger charge is -2.07. The van der Waals surface area contributed by atoms with Gasteiger partial charge in [0.2, 0.25) is 5.91 Å². The molecule has 1 N–H and O–H groups in total. The smallest absolute Gasteiger partial charge is 0.223 e. The highest BCUT2D eigenvalue weighted by Crippen LogP contribution is 2.49. The molecule has 24 heavy (non-hydrogen) atoms. The first kappa shape index (κ1) is 14.9. The summed E-state index contributed by atoms with van der Waals surface area (Å²) >= 11 is 0. The quantitative estimate of drug-likeness (QED) is 0.780. The van der Waals surface area contributed by atoms with E-state index < -0.39 is 0 Å². The molecule has 2 unspecified atom stereocenters. The Bertz CT molecular complexity index is 855. The molecule has 1 amide bonds. The SMILES string of the molecule is O=C(NCCc1ccccn1)C1CC1c1cccc2ccccc12. The van der Waals surface area contributed by atoms with Crippen molar-refractivity contribution in [1.29, 1.82) is 0 Å². The van der Waals surface area contributed by atoms with E-state index in [1.165, 1.54) is 16.3 Å². The van der Waals surface area contributed by atoms with Crippen molar-refractivity contribution < 1.29 is 4.79 Å². The van der Waals surface area contributed by atoms with Gasteiger partial charge in [0, 0.05) is 30.8 Å². The van der Waals surface area contributed by atoms with Gasteiger partial charge in [-0.25, -0.2) is 0 Å². The fourth-order valence-electron chi connectivity index (χ4n) is 3.39. The number of fused-ring (bicyclic) bond motifs is 1. The van der Waals surface area contributed by atoms with Crippen molar-refractivity contribution in [2.75, 3.05) is 6.54 Å². The van der Waals surface area contributed by atoms with Gasteiger partial charge in [-0.2, -0.15) is 0 Å². The van der Waals surface area contributed by atoms with Gasteiger partial charge in [-0.1, -0.05) is 48.5 Å². The number of amides is 1. The maximum absolute atomic E-state index is 12.4. The third-order valence-corrected chi connectivity index (χ3v) is 4.76. The molecular formula is C21H20N2O. The van der Waals surface area contributed by atoms with Crippen LogP contribution in [-0.4, -0.2) is 17.4 Å². The van der Waals surface area contributed by atoms with Gasteiger partial charge in [-0.3, -0.25) is 9.78 Å². The first-order chi connectivity index (χ1) is 11.8. The minimum atomic E-state index is 0.111. The Morgan fingerprint density at radius 2 is 1.88 bits per heavy atom.